The molecule has 0 spiro atoms. The fourth-order valence-electron chi connectivity index (χ4n) is 1.11. The number of aliphatic carboxylic acids is 1. The van der Waals surface area contributed by atoms with Crippen LogP contribution in [0.25, 0.3) is 0 Å². The Hall–Kier alpha value is -0.810. The standard InChI is InChI=1S/C10H7Cl3O4/c11-5-1-6(12)10(7(13)2-5)8(14)3-17-4-9(15)16/h1-2H,3-4H2,(H,15,16). The summed E-state index contributed by atoms with van der Waals surface area (Å²) < 4.78 is 4.65. The zero-order valence-electron chi connectivity index (χ0n) is 8.37. The Morgan fingerprint density at radius 3 is 2.12 bits per heavy atom. The molecule has 0 aromatic heterocycles. The van der Waals surface area contributed by atoms with Crippen LogP contribution in [-0.4, -0.2) is 30.1 Å². The molecule has 0 heterocycles. The van der Waals surface area contributed by atoms with E-state index in [1.54, 1.807) is 0 Å². The van der Waals surface area contributed by atoms with Crippen molar-refractivity contribution >= 4 is 46.6 Å². The first-order valence-corrected chi connectivity index (χ1v) is 5.52. The molecular weight excluding hydrogens is 290 g/mol. The van der Waals surface area contributed by atoms with Gasteiger partial charge in [-0.2, -0.15) is 0 Å². The molecule has 0 amide bonds. The smallest absolute Gasteiger partial charge is 0.329 e. The van der Waals surface area contributed by atoms with E-state index < -0.39 is 25.0 Å². The lowest BCUT2D eigenvalue weighted by Crippen LogP contribution is -2.15. The average molecular weight is 298 g/mol. The molecule has 0 aliphatic carbocycles. The Morgan fingerprint density at radius 1 is 1.12 bits per heavy atom. The number of carboxylic acids is 1. The van der Waals surface area contributed by atoms with Crippen molar-refractivity contribution in [2.24, 2.45) is 0 Å². The van der Waals surface area contributed by atoms with Crippen molar-refractivity contribution < 1.29 is 19.4 Å². The number of Topliss-reactive ketones (excluding diaryl/α,β-unsaturated/α-hetero) is 1. The van der Waals surface area contributed by atoms with E-state index in [9.17, 15) is 9.59 Å². The van der Waals surface area contributed by atoms with Crippen molar-refractivity contribution in [2.45, 2.75) is 0 Å². The Balaban J connectivity index is 2.79. The van der Waals surface area contributed by atoms with E-state index in [4.69, 9.17) is 39.9 Å². The summed E-state index contributed by atoms with van der Waals surface area (Å²) in [6.07, 6.45) is 0. The third-order valence-corrected chi connectivity index (χ3v) is 2.56. The highest BCUT2D eigenvalue weighted by Gasteiger charge is 2.16. The molecule has 7 heteroatoms. The fraction of sp³-hybridized carbons (Fsp3) is 0.200. The molecule has 0 aliphatic heterocycles. The minimum absolute atomic E-state index is 0.0723. The predicted octanol–water partition coefficient (Wildman–Crippen LogP) is 2.93. The zero-order chi connectivity index (χ0) is 13.0. The molecule has 92 valence electrons. The van der Waals surface area contributed by atoms with Gasteiger partial charge in [0.15, 0.2) is 5.78 Å². The van der Waals surface area contributed by atoms with Gasteiger partial charge in [-0.3, -0.25) is 4.79 Å². The van der Waals surface area contributed by atoms with Gasteiger partial charge in [0, 0.05) is 5.02 Å². The van der Waals surface area contributed by atoms with E-state index in [1.807, 2.05) is 0 Å². The summed E-state index contributed by atoms with van der Waals surface area (Å²) in [5.41, 5.74) is 0.0723. The lowest BCUT2D eigenvalue weighted by atomic mass is 10.1. The van der Waals surface area contributed by atoms with Crippen molar-refractivity contribution in [3.63, 3.8) is 0 Å². The Morgan fingerprint density at radius 2 is 1.65 bits per heavy atom. The minimum atomic E-state index is -1.16. The van der Waals surface area contributed by atoms with Crippen molar-refractivity contribution in [2.75, 3.05) is 13.2 Å². The second-order valence-electron chi connectivity index (χ2n) is 3.05. The summed E-state index contributed by atoms with van der Waals surface area (Å²) in [7, 11) is 0. The molecule has 0 fully saturated rings. The van der Waals surface area contributed by atoms with E-state index in [0.29, 0.717) is 5.02 Å². The normalized spacial score (nSPS) is 10.3. The minimum Gasteiger partial charge on any atom is -0.480 e. The number of ether oxygens (including phenoxy) is 1. The van der Waals surface area contributed by atoms with Gasteiger partial charge in [-0.05, 0) is 12.1 Å². The van der Waals surface area contributed by atoms with Gasteiger partial charge in [0.2, 0.25) is 0 Å². The molecule has 0 bridgehead atoms. The van der Waals surface area contributed by atoms with Gasteiger partial charge in [0.05, 0.1) is 15.6 Å². The van der Waals surface area contributed by atoms with Gasteiger partial charge in [0.25, 0.3) is 0 Å². The van der Waals surface area contributed by atoms with E-state index in [1.165, 1.54) is 12.1 Å². The lowest BCUT2D eigenvalue weighted by molar-refractivity contribution is -0.141. The second-order valence-corrected chi connectivity index (χ2v) is 4.30. The monoisotopic (exact) mass is 296 g/mol. The van der Waals surface area contributed by atoms with E-state index in [0.717, 1.165) is 0 Å². The van der Waals surface area contributed by atoms with Crippen LogP contribution < -0.4 is 0 Å². The van der Waals surface area contributed by atoms with E-state index in [2.05, 4.69) is 4.74 Å². The van der Waals surface area contributed by atoms with Crippen LogP contribution in [0.1, 0.15) is 10.4 Å². The van der Waals surface area contributed by atoms with Gasteiger partial charge in [-0.25, -0.2) is 4.79 Å². The number of hydrogen-bond acceptors (Lipinski definition) is 3. The number of halogens is 3. The molecule has 0 atom stereocenters. The van der Waals surface area contributed by atoms with Crippen LogP contribution in [0.5, 0.6) is 0 Å². The number of rotatable bonds is 5. The van der Waals surface area contributed by atoms with E-state index in [-0.39, 0.29) is 15.6 Å². The van der Waals surface area contributed by atoms with Gasteiger partial charge in [-0.1, -0.05) is 34.8 Å². The first-order valence-electron chi connectivity index (χ1n) is 4.39. The average Bonchev–Trinajstić information content (AvgIpc) is 2.14. The summed E-state index contributed by atoms with van der Waals surface area (Å²) in [6.45, 7) is -0.970. The third-order valence-electron chi connectivity index (χ3n) is 1.74. The van der Waals surface area contributed by atoms with Crippen LogP contribution in [-0.2, 0) is 9.53 Å². The number of carbonyl (C=O) groups excluding carboxylic acids is 1. The van der Waals surface area contributed by atoms with Crippen molar-refractivity contribution in [1.82, 2.24) is 0 Å². The number of carbonyl (C=O) groups is 2. The molecule has 0 unspecified atom stereocenters. The quantitative estimate of drug-likeness (QED) is 0.849. The van der Waals surface area contributed by atoms with Crippen LogP contribution in [0, 0.1) is 0 Å². The SMILES string of the molecule is O=C(O)COCC(=O)c1c(Cl)cc(Cl)cc1Cl. The molecule has 0 radical (unpaired) electrons. The fourth-order valence-corrected chi connectivity index (χ4v) is 2.14. The van der Waals surface area contributed by atoms with Crippen LogP contribution >= 0.6 is 34.8 Å². The Bertz CT molecular complexity index is 436. The number of ketones is 1. The van der Waals surface area contributed by atoms with Crippen LogP contribution in [0.3, 0.4) is 0 Å². The maximum Gasteiger partial charge on any atom is 0.329 e. The second kappa shape index (κ2) is 6.21. The lowest BCUT2D eigenvalue weighted by Gasteiger charge is -2.06. The van der Waals surface area contributed by atoms with Crippen molar-refractivity contribution in [3.8, 4) is 0 Å². The van der Waals surface area contributed by atoms with E-state index >= 15 is 0 Å². The van der Waals surface area contributed by atoms with Gasteiger partial charge in [0.1, 0.15) is 13.2 Å². The van der Waals surface area contributed by atoms with Crippen LogP contribution in [0.4, 0.5) is 0 Å². The highest BCUT2D eigenvalue weighted by atomic mass is 35.5. The summed E-state index contributed by atoms with van der Waals surface area (Å²) in [4.78, 5) is 21.8. The van der Waals surface area contributed by atoms with Crippen LogP contribution in [0.2, 0.25) is 15.1 Å². The summed E-state index contributed by atoms with van der Waals surface area (Å²) in [6, 6.07) is 2.75. The molecule has 1 aromatic carbocycles. The van der Waals surface area contributed by atoms with Crippen molar-refractivity contribution in [3.05, 3.63) is 32.8 Å². The Kier molecular flexibility index (Phi) is 5.21. The first-order chi connectivity index (χ1) is 7.91. The third kappa shape index (κ3) is 4.16. The molecule has 17 heavy (non-hydrogen) atoms. The topological polar surface area (TPSA) is 63.6 Å². The number of benzene rings is 1. The van der Waals surface area contributed by atoms with Crippen LogP contribution in [0.15, 0.2) is 12.1 Å². The summed E-state index contributed by atoms with van der Waals surface area (Å²) in [5.74, 6) is -1.66. The van der Waals surface area contributed by atoms with Gasteiger partial charge >= 0.3 is 5.97 Å². The zero-order valence-corrected chi connectivity index (χ0v) is 10.6. The maximum absolute atomic E-state index is 11.6. The van der Waals surface area contributed by atoms with Crippen molar-refractivity contribution in [1.29, 1.82) is 0 Å². The molecule has 0 saturated carbocycles. The molecule has 1 N–H and O–H groups in total. The highest BCUT2D eigenvalue weighted by molar-refractivity contribution is 6.42. The summed E-state index contributed by atoms with van der Waals surface area (Å²) in [5, 5.41) is 8.85. The summed E-state index contributed by atoms with van der Waals surface area (Å²) >= 11 is 17.3. The van der Waals surface area contributed by atoms with Gasteiger partial charge < -0.3 is 9.84 Å². The largest absolute Gasteiger partial charge is 0.480 e. The number of hydrogen-bond donors (Lipinski definition) is 1. The first kappa shape index (κ1) is 14.3. The molecule has 1 rings (SSSR count). The molecule has 1 aromatic rings. The van der Waals surface area contributed by atoms with Gasteiger partial charge in [-0.15, -0.1) is 0 Å². The number of carboxylic acid groups (broad SMARTS) is 1. The molecular formula is C10H7Cl3O4. The highest BCUT2D eigenvalue weighted by Crippen LogP contribution is 2.29. The molecule has 4 nitrogen and oxygen atoms in total. The molecule has 0 aliphatic rings. The molecule has 0 saturated heterocycles. The maximum atomic E-state index is 11.6. The predicted molar refractivity (Wildman–Crippen MR) is 64.3 cm³/mol. The Labute approximate surface area is 112 Å².